The van der Waals surface area contributed by atoms with Gasteiger partial charge in [0.2, 0.25) is 0 Å². The van der Waals surface area contributed by atoms with Crippen LogP contribution in [-0.2, 0) is 6.61 Å². The van der Waals surface area contributed by atoms with Crippen LogP contribution in [0, 0.1) is 0 Å². The molecule has 0 radical (unpaired) electrons. The zero-order valence-corrected chi connectivity index (χ0v) is 8.50. The van der Waals surface area contributed by atoms with E-state index in [1.165, 1.54) is 6.20 Å². The zero-order chi connectivity index (χ0) is 11.4. The molecule has 0 fully saturated rings. The van der Waals surface area contributed by atoms with Crippen LogP contribution in [0.1, 0.15) is 5.56 Å². The van der Waals surface area contributed by atoms with E-state index in [1.54, 1.807) is 30.3 Å². The maximum atomic E-state index is 8.87. The molecule has 0 aliphatic rings. The third-order valence-corrected chi connectivity index (χ3v) is 1.97. The van der Waals surface area contributed by atoms with Gasteiger partial charge in [-0.3, -0.25) is 0 Å². The summed E-state index contributed by atoms with van der Waals surface area (Å²) < 4.78 is 5.37. The summed E-state index contributed by atoms with van der Waals surface area (Å²) in [6.07, 6.45) is 1.53. The number of hydrogen-bond acceptors (Lipinski definition) is 5. The second kappa shape index (κ2) is 4.59. The maximum Gasteiger partial charge on any atom is 0.323 e. The summed E-state index contributed by atoms with van der Waals surface area (Å²) >= 11 is 0. The first-order chi connectivity index (χ1) is 7.78. The second-order valence-corrected chi connectivity index (χ2v) is 3.17. The number of rotatable bonds is 3. The van der Waals surface area contributed by atoms with Crippen molar-refractivity contribution in [2.45, 2.75) is 6.61 Å². The molecule has 5 nitrogen and oxygen atoms in total. The van der Waals surface area contributed by atoms with Crippen molar-refractivity contribution in [3.05, 3.63) is 42.1 Å². The first kappa shape index (κ1) is 10.4. The molecule has 0 amide bonds. The SMILES string of the molecule is Nc1ccnc(Oc2ccc(CO)cc2)n1. The van der Waals surface area contributed by atoms with E-state index in [1.807, 2.05) is 0 Å². The molecule has 1 aromatic carbocycles. The van der Waals surface area contributed by atoms with Crippen LogP contribution in [0.5, 0.6) is 11.8 Å². The van der Waals surface area contributed by atoms with Gasteiger partial charge in [0.1, 0.15) is 11.6 Å². The minimum atomic E-state index is 0.00899. The molecule has 5 heteroatoms. The Labute approximate surface area is 92.5 Å². The lowest BCUT2D eigenvalue weighted by molar-refractivity contribution is 0.281. The first-order valence-electron chi connectivity index (χ1n) is 4.74. The van der Waals surface area contributed by atoms with Gasteiger partial charge >= 0.3 is 6.01 Å². The number of hydrogen-bond donors (Lipinski definition) is 2. The number of nitrogens with two attached hydrogens (primary N) is 1. The molecule has 1 heterocycles. The topological polar surface area (TPSA) is 81.3 Å². The van der Waals surface area contributed by atoms with Gasteiger partial charge in [-0.15, -0.1) is 0 Å². The molecule has 16 heavy (non-hydrogen) atoms. The van der Waals surface area contributed by atoms with Crippen molar-refractivity contribution in [2.24, 2.45) is 0 Å². The van der Waals surface area contributed by atoms with Crippen molar-refractivity contribution in [3.63, 3.8) is 0 Å². The van der Waals surface area contributed by atoms with Crippen molar-refractivity contribution in [1.82, 2.24) is 9.97 Å². The smallest absolute Gasteiger partial charge is 0.323 e. The summed E-state index contributed by atoms with van der Waals surface area (Å²) in [5.41, 5.74) is 6.31. The van der Waals surface area contributed by atoms with Gasteiger partial charge in [-0.25, -0.2) is 4.98 Å². The third-order valence-electron chi connectivity index (χ3n) is 1.97. The van der Waals surface area contributed by atoms with Gasteiger partial charge in [0, 0.05) is 6.20 Å². The fraction of sp³-hybridized carbons (Fsp3) is 0.0909. The van der Waals surface area contributed by atoms with E-state index in [9.17, 15) is 0 Å². The van der Waals surface area contributed by atoms with Crippen molar-refractivity contribution < 1.29 is 9.84 Å². The van der Waals surface area contributed by atoms with Gasteiger partial charge in [0.05, 0.1) is 6.61 Å². The standard InChI is InChI=1S/C11H11N3O2/c12-10-5-6-13-11(14-10)16-9-3-1-8(7-15)2-4-9/h1-6,15H,7H2,(H2,12,13,14). The van der Waals surface area contributed by atoms with Gasteiger partial charge in [-0.2, -0.15) is 4.98 Å². The zero-order valence-electron chi connectivity index (χ0n) is 8.50. The number of aliphatic hydroxyl groups is 1. The largest absolute Gasteiger partial charge is 0.424 e. The summed E-state index contributed by atoms with van der Waals surface area (Å²) in [5.74, 6) is 0.958. The first-order valence-corrected chi connectivity index (χ1v) is 4.74. The van der Waals surface area contributed by atoms with E-state index in [0.717, 1.165) is 5.56 Å². The molecule has 0 spiro atoms. The van der Waals surface area contributed by atoms with E-state index < -0.39 is 0 Å². The number of aromatic nitrogens is 2. The molecule has 0 aliphatic carbocycles. The highest BCUT2D eigenvalue weighted by molar-refractivity contribution is 5.31. The Morgan fingerprint density at radius 3 is 2.56 bits per heavy atom. The summed E-state index contributed by atoms with van der Waals surface area (Å²) in [4.78, 5) is 7.82. The number of nitrogen functional groups attached to an aromatic ring is 1. The number of ether oxygens (including phenoxy) is 1. The molecule has 0 saturated carbocycles. The molecule has 3 N–H and O–H groups in total. The average Bonchev–Trinajstić information content (AvgIpc) is 2.30. The van der Waals surface area contributed by atoms with Gasteiger partial charge in [-0.1, -0.05) is 12.1 Å². The molecule has 0 aliphatic heterocycles. The molecule has 0 unspecified atom stereocenters. The molecule has 0 saturated heterocycles. The quantitative estimate of drug-likeness (QED) is 0.810. The highest BCUT2D eigenvalue weighted by atomic mass is 16.5. The van der Waals surface area contributed by atoms with E-state index in [2.05, 4.69) is 9.97 Å². The molecule has 2 rings (SSSR count). The molecule has 2 aromatic rings. The summed E-state index contributed by atoms with van der Waals surface area (Å²) in [5, 5.41) is 8.87. The molecular weight excluding hydrogens is 206 g/mol. The van der Waals surface area contributed by atoms with Crippen LogP contribution >= 0.6 is 0 Å². The van der Waals surface area contributed by atoms with Crippen LogP contribution in [0.4, 0.5) is 5.82 Å². The molecule has 0 bridgehead atoms. The molecule has 0 atom stereocenters. The average molecular weight is 217 g/mol. The summed E-state index contributed by atoms with van der Waals surface area (Å²) in [6.45, 7) is 0.00899. The van der Waals surface area contributed by atoms with Crippen molar-refractivity contribution in [3.8, 4) is 11.8 Å². The highest BCUT2D eigenvalue weighted by Gasteiger charge is 2.00. The van der Waals surface area contributed by atoms with E-state index in [4.69, 9.17) is 15.6 Å². The minimum Gasteiger partial charge on any atom is -0.424 e. The number of anilines is 1. The Balaban J connectivity index is 2.14. The van der Waals surface area contributed by atoms with Crippen molar-refractivity contribution >= 4 is 5.82 Å². The predicted molar refractivity (Wildman–Crippen MR) is 58.9 cm³/mol. The number of nitrogens with zero attached hydrogens (tertiary/aromatic N) is 2. The van der Waals surface area contributed by atoms with E-state index in [-0.39, 0.29) is 12.6 Å². The van der Waals surface area contributed by atoms with Crippen LogP contribution in [0.25, 0.3) is 0 Å². The highest BCUT2D eigenvalue weighted by Crippen LogP contribution is 2.18. The monoisotopic (exact) mass is 217 g/mol. The summed E-state index contributed by atoms with van der Waals surface area (Å²) in [7, 11) is 0. The fourth-order valence-electron chi connectivity index (χ4n) is 1.17. The Kier molecular flexibility index (Phi) is 2.98. The molecule has 1 aromatic heterocycles. The van der Waals surface area contributed by atoms with Crippen LogP contribution in [0.3, 0.4) is 0 Å². The van der Waals surface area contributed by atoms with Gasteiger partial charge in [0.25, 0.3) is 0 Å². The number of aliphatic hydroxyl groups excluding tert-OH is 1. The fourth-order valence-corrected chi connectivity index (χ4v) is 1.17. The lowest BCUT2D eigenvalue weighted by Crippen LogP contribution is -1.95. The summed E-state index contributed by atoms with van der Waals surface area (Å²) in [6, 6.07) is 8.79. The maximum absolute atomic E-state index is 8.87. The molecular formula is C11H11N3O2. The van der Waals surface area contributed by atoms with E-state index in [0.29, 0.717) is 11.6 Å². The van der Waals surface area contributed by atoms with Crippen LogP contribution in [-0.4, -0.2) is 15.1 Å². The van der Waals surface area contributed by atoms with Crippen LogP contribution < -0.4 is 10.5 Å². The lowest BCUT2D eigenvalue weighted by atomic mass is 10.2. The third kappa shape index (κ3) is 2.46. The Hall–Kier alpha value is -2.14. The van der Waals surface area contributed by atoms with Crippen LogP contribution in [0.2, 0.25) is 0 Å². The Bertz CT molecular complexity index is 471. The van der Waals surface area contributed by atoms with Gasteiger partial charge in [-0.05, 0) is 23.8 Å². The number of benzene rings is 1. The van der Waals surface area contributed by atoms with Crippen molar-refractivity contribution in [2.75, 3.05) is 5.73 Å². The van der Waals surface area contributed by atoms with Gasteiger partial charge in [0.15, 0.2) is 0 Å². The Morgan fingerprint density at radius 2 is 1.94 bits per heavy atom. The van der Waals surface area contributed by atoms with Gasteiger partial charge < -0.3 is 15.6 Å². The lowest BCUT2D eigenvalue weighted by Gasteiger charge is -2.04. The molecule has 82 valence electrons. The second-order valence-electron chi connectivity index (χ2n) is 3.17. The Morgan fingerprint density at radius 1 is 1.19 bits per heavy atom. The van der Waals surface area contributed by atoms with Crippen LogP contribution in [0.15, 0.2) is 36.5 Å². The van der Waals surface area contributed by atoms with Crippen molar-refractivity contribution in [1.29, 1.82) is 0 Å². The minimum absolute atomic E-state index is 0.00899. The predicted octanol–water partition coefficient (Wildman–Crippen LogP) is 1.34. The van der Waals surface area contributed by atoms with E-state index >= 15 is 0 Å². The normalized spacial score (nSPS) is 10.1.